The molecule has 2 aliphatic heterocycles. The number of hydrogen-bond acceptors (Lipinski definition) is 6. The van der Waals surface area contributed by atoms with E-state index in [1.54, 1.807) is 12.4 Å². The van der Waals surface area contributed by atoms with Gasteiger partial charge in [0.25, 0.3) is 5.91 Å². The van der Waals surface area contributed by atoms with E-state index in [1.807, 2.05) is 23.1 Å². The molecule has 1 amide bonds. The number of para-hydroxylation sites is 1. The molecule has 0 saturated carbocycles. The first kappa shape index (κ1) is 17.9. The number of nitrogens with one attached hydrogen (secondary N) is 1. The monoisotopic (exact) mass is 368 g/mol. The normalized spacial score (nSPS) is 18.6. The third-order valence-electron chi connectivity index (χ3n) is 5.17. The average molecular weight is 368 g/mol. The maximum atomic E-state index is 12.7. The van der Waals surface area contributed by atoms with Gasteiger partial charge in [0.1, 0.15) is 0 Å². The molecule has 0 bridgehead atoms. The second-order valence-electron chi connectivity index (χ2n) is 6.83. The van der Waals surface area contributed by atoms with E-state index in [0.717, 1.165) is 12.1 Å². The number of likely N-dealkylation sites (tertiary alicyclic amines) is 1. The van der Waals surface area contributed by atoms with Crippen molar-refractivity contribution in [3.8, 4) is 0 Å². The Bertz CT molecular complexity index is 793. The molecule has 1 aromatic heterocycles. The fourth-order valence-electron chi connectivity index (χ4n) is 3.59. The molecule has 27 heavy (non-hydrogen) atoms. The number of hydrogen-bond donors (Lipinski definition) is 1. The molecule has 142 valence electrons. The number of carbonyl (C=O) groups is 1. The molecule has 7 heteroatoms. The van der Waals surface area contributed by atoms with E-state index < -0.39 is 5.79 Å². The topological polar surface area (TPSA) is 76.6 Å². The molecule has 2 aromatic rings. The van der Waals surface area contributed by atoms with Crippen molar-refractivity contribution in [3.63, 3.8) is 0 Å². The van der Waals surface area contributed by atoms with Crippen molar-refractivity contribution >= 4 is 17.5 Å². The Labute approximate surface area is 158 Å². The Balaban J connectivity index is 1.39. The number of benzene rings is 1. The Hall–Kier alpha value is -2.51. The summed E-state index contributed by atoms with van der Waals surface area (Å²) in [6, 6.07) is 8.05. The first-order valence-electron chi connectivity index (χ1n) is 9.43. The second kappa shape index (κ2) is 7.62. The third-order valence-corrected chi connectivity index (χ3v) is 5.17. The zero-order valence-electron chi connectivity index (χ0n) is 15.5. The number of rotatable bonds is 4. The molecule has 7 nitrogen and oxygen atoms in total. The van der Waals surface area contributed by atoms with Crippen LogP contribution >= 0.6 is 0 Å². The van der Waals surface area contributed by atoms with Gasteiger partial charge in [-0.1, -0.05) is 25.1 Å². The van der Waals surface area contributed by atoms with Gasteiger partial charge in [-0.3, -0.25) is 4.79 Å². The molecule has 3 heterocycles. The Morgan fingerprint density at radius 3 is 2.48 bits per heavy atom. The third kappa shape index (κ3) is 3.79. The van der Waals surface area contributed by atoms with Crippen molar-refractivity contribution in [2.45, 2.75) is 32.0 Å². The number of anilines is 2. The van der Waals surface area contributed by atoms with Gasteiger partial charge < -0.3 is 19.7 Å². The molecule has 0 unspecified atom stereocenters. The Morgan fingerprint density at radius 2 is 1.81 bits per heavy atom. The number of nitrogens with zero attached hydrogens (tertiary/aromatic N) is 3. The zero-order valence-corrected chi connectivity index (χ0v) is 15.5. The standard InChI is InChI=1S/C20H24N4O3/c1-2-15-5-3-4-6-17(15)23-19-21-13-16(14-22-19)18(25)24-9-7-20(8-10-24)26-11-12-27-20/h3-6,13-14H,2,7-12H2,1H3,(H,21,22,23). The number of amides is 1. The highest BCUT2D eigenvalue weighted by atomic mass is 16.7. The van der Waals surface area contributed by atoms with Crippen molar-refractivity contribution < 1.29 is 14.3 Å². The second-order valence-corrected chi connectivity index (χ2v) is 6.83. The molecule has 1 aromatic carbocycles. The van der Waals surface area contributed by atoms with Crippen LogP contribution in [0.3, 0.4) is 0 Å². The molecular weight excluding hydrogens is 344 g/mol. The molecule has 1 N–H and O–H groups in total. The van der Waals surface area contributed by atoms with E-state index >= 15 is 0 Å². The maximum absolute atomic E-state index is 12.7. The van der Waals surface area contributed by atoms with Crippen LogP contribution in [0.2, 0.25) is 0 Å². The van der Waals surface area contributed by atoms with Gasteiger partial charge in [-0.05, 0) is 18.1 Å². The van der Waals surface area contributed by atoms with Gasteiger partial charge in [-0.25, -0.2) is 9.97 Å². The van der Waals surface area contributed by atoms with E-state index in [4.69, 9.17) is 9.47 Å². The average Bonchev–Trinajstić information content (AvgIpc) is 3.17. The summed E-state index contributed by atoms with van der Waals surface area (Å²) >= 11 is 0. The lowest BCUT2D eigenvalue weighted by Gasteiger charge is -2.37. The molecule has 0 atom stereocenters. The molecule has 2 saturated heterocycles. The van der Waals surface area contributed by atoms with Crippen LogP contribution < -0.4 is 5.32 Å². The van der Waals surface area contributed by atoms with Crippen molar-refractivity contribution in [2.75, 3.05) is 31.6 Å². The first-order chi connectivity index (χ1) is 13.2. The Morgan fingerprint density at radius 1 is 1.15 bits per heavy atom. The van der Waals surface area contributed by atoms with Gasteiger partial charge >= 0.3 is 0 Å². The summed E-state index contributed by atoms with van der Waals surface area (Å²) in [7, 11) is 0. The van der Waals surface area contributed by atoms with E-state index in [-0.39, 0.29) is 5.91 Å². The zero-order chi connectivity index (χ0) is 18.7. The van der Waals surface area contributed by atoms with Crippen LogP contribution in [0.15, 0.2) is 36.7 Å². The molecule has 0 aliphatic carbocycles. The van der Waals surface area contributed by atoms with Crippen molar-refractivity contribution in [2.24, 2.45) is 0 Å². The van der Waals surface area contributed by atoms with Gasteiger partial charge in [0.2, 0.25) is 5.95 Å². The van der Waals surface area contributed by atoms with Crippen LogP contribution in [0.1, 0.15) is 35.7 Å². The maximum Gasteiger partial charge on any atom is 0.256 e. The summed E-state index contributed by atoms with van der Waals surface area (Å²) in [4.78, 5) is 23.2. The quantitative estimate of drug-likeness (QED) is 0.894. The van der Waals surface area contributed by atoms with Gasteiger partial charge in [0.05, 0.1) is 18.8 Å². The van der Waals surface area contributed by atoms with Crippen molar-refractivity contribution in [1.29, 1.82) is 0 Å². The number of aromatic nitrogens is 2. The number of carbonyl (C=O) groups excluding carboxylic acids is 1. The van der Waals surface area contributed by atoms with Crippen LogP contribution in [0.5, 0.6) is 0 Å². The van der Waals surface area contributed by atoms with Gasteiger partial charge in [-0.2, -0.15) is 0 Å². The van der Waals surface area contributed by atoms with Gasteiger partial charge in [0, 0.05) is 44.0 Å². The molecular formula is C20H24N4O3. The molecule has 0 radical (unpaired) electrons. The van der Waals surface area contributed by atoms with E-state index in [2.05, 4.69) is 28.3 Å². The summed E-state index contributed by atoms with van der Waals surface area (Å²) in [6.45, 7) is 4.60. The SMILES string of the molecule is CCc1ccccc1Nc1ncc(C(=O)N2CCC3(CC2)OCCO3)cn1. The van der Waals surface area contributed by atoms with Crippen LogP contribution in [-0.4, -0.2) is 52.9 Å². The van der Waals surface area contributed by atoms with E-state index in [9.17, 15) is 4.79 Å². The lowest BCUT2D eigenvalue weighted by atomic mass is 10.0. The highest BCUT2D eigenvalue weighted by Gasteiger charge is 2.40. The van der Waals surface area contributed by atoms with Crippen LogP contribution in [0, 0.1) is 0 Å². The summed E-state index contributed by atoms with van der Waals surface area (Å²) in [6.07, 6.45) is 5.49. The van der Waals surface area contributed by atoms with Crippen LogP contribution in [0.25, 0.3) is 0 Å². The molecule has 4 rings (SSSR count). The minimum Gasteiger partial charge on any atom is -0.347 e. The summed E-state index contributed by atoms with van der Waals surface area (Å²) in [5.41, 5.74) is 2.67. The Kier molecular flexibility index (Phi) is 5.05. The predicted octanol–water partition coefficient (Wildman–Crippen LogP) is 2.76. The largest absolute Gasteiger partial charge is 0.347 e. The predicted molar refractivity (Wildman–Crippen MR) is 101 cm³/mol. The van der Waals surface area contributed by atoms with E-state index in [0.29, 0.717) is 50.7 Å². The smallest absolute Gasteiger partial charge is 0.256 e. The fourth-order valence-corrected chi connectivity index (χ4v) is 3.59. The minimum absolute atomic E-state index is 0.0524. The van der Waals surface area contributed by atoms with Gasteiger partial charge in [0.15, 0.2) is 5.79 Å². The first-order valence-corrected chi connectivity index (χ1v) is 9.43. The van der Waals surface area contributed by atoms with Crippen LogP contribution in [-0.2, 0) is 15.9 Å². The summed E-state index contributed by atoms with van der Waals surface area (Å²) in [5.74, 6) is -0.0468. The lowest BCUT2D eigenvalue weighted by Crippen LogP contribution is -2.47. The fraction of sp³-hybridized carbons (Fsp3) is 0.450. The lowest BCUT2D eigenvalue weighted by molar-refractivity contribution is -0.181. The highest BCUT2D eigenvalue weighted by molar-refractivity contribution is 5.93. The molecule has 1 spiro atoms. The van der Waals surface area contributed by atoms with Gasteiger partial charge in [-0.15, -0.1) is 0 Å². The molecule has 2 aliphatic rings. The number of ether oxygens (including phenoxy) is 2. The van der Waals surface area contributed by atoms with Crippen LogP contribution in [0.4, 0.5) is 11.6 Å². The number of aryl methyl sites for hydroxylation is 1. The summed E-state index contributed by atoms with van der Waals surface area (Å²) in [5, 5.41) is 3.22. The van der Waals surface area contributed by atoms with E-state index in [1.165, 1.54) is 5.56 Å². The summed E-state index contributed by atoms with van der Waals surface area (Å²) < 4.78 is 11.4. The molecule has 2 fully saturated rings. The van der Waals surface area contributed by atoms with Crippen molar-refractivity contribution in [1.82, 2.24) is 14.9 Å². The van der Waals surface area contributed by atoms with Crippen molar-refractivity contribution in [3.05, 3.63) is 47.8 Å². The minimum atomic E-state index is -0.478. The highest BCUT2D eigenvalue weighted by Crippen LogP contribution is 2.31. The number of piperidine rings is 1.